The normalized spacial score (nSPS) is 37.8. The van der Waals surface area contributed by atoms with E-state index in [0.29, 0.717) is 25.0 Å². The van der Waals surface area contributed by atoms with Gasteiger partial charge in [0.05, 0.1) is 11.6 Å². The maximum atomic E-state index is 11.3. The summed E-state index contributed by atoms with van der Waals surface area (Å²) in [6.45, 7) is 1.81. The number of nitrogens with two attached hydrogens (primary N) is 2. The van der Waals surface area contributed by atoms with Crippen LogP contribution in [0.2, 0.25) is 0 Å². The van der Waals surface area contributed by atoms with Crippen molar-refractivity contribution in [2.75, 3.05) is 20.2 Å². The van der Waals surface area contributed by atoms with Crippen LogP contribution in [0.5, 0.6) is 0 Å². The molecule has 1 saturated carbocycles. The van der Waals surface area contributed by atoms with Crippen LogP contribution in [0.1, 0.15) is 32.1 Å². The summed E-state index contributed by atoms with van der Waals surface area (Å²) < 4.78 is 5.62. The van der Waals surface area contributed by atoms with Crippen molar-refractivity contribution >= 4 is 5.91 Å². The van der Waals surface area contributed by atoms with Gasteiger partial charge in [-0.05, 0) is 39.2 Å². The molecule has 2 aliphatic rings. The number of nitrogens with zero attached hydrogens (tertiary/aromatic N) is 1. The summed E-state index contributed by atoms with van der Waals surface area (Å²) in [7, 11) is 2.08. The van der Waals surface area contributed by atoms with Gasteiger partial charge in [-0.3, -0.25) is 4.79 Å². The Bertz CT molecular complexity index is 291. The highest BCUT2D eigenvalue weighted by Crippen LogP contribution is 2.31. The summed E-state index contributed by atoms with van der Waals surface area (Å²) >= 11 is 0. The van der Waals surface area contributed by atoms with E-state index < -0.39 is 5.54 Å². The van der Waals surface area contributed by atoms with Gasteiger partial charge in [0.2, 0.25) is 5.91 Å². The van der Waals surface area contributed by atoms with Crippen molar-refractivity contribution < 1.29 is 9.53 Å². The fraction of sp³-hybridized carbons (Fsp3) is 0.917. The van der Waals surface area contributed by atoms with Crippen LogP contribution in [-0.2, 0) is 9.53 Å². The largest absolute Gasteiger partial charge is 0.377 e. The lowest BCUT2D eigenvalue weighted by molar-refractivity contribution is -0.123. The van der Waals surface area contributed by atoms with Crippen molar-refractivity contribution in [1.82, 2.24) is 4.90 Å². The van der Waals surface area contributed by atoms with Crippen molar-refractivity contribution in [2.24, 2.45) is 11.5 Å². The third kappa shape index (κ3) is 2.78. The Morgan fingerprint density at radius 3 is 2.82 bits per heavy atom. The molecule has 1 saturated heterocycles. The van der Waals surface area contributed by atoms with Crippen LogP contribution in [0.4, 0.5) is 0 Å². The van der Waals surface area contributed by atoms with E-state index in [1.54, 1.807) is 0 Å². The van der Waals surface area contributed by atoms with Crippen LogP contribution in [0.15, 0.2) is 0 Å². The number of carbonyl (C=O) groups is 1. The molecule has 3 atom stereocenters. The van der Waals surface area contributed by atoms with Crippen LogP contribution < -0.4 is 11.5 Å². The molecule has 17 heavy (non-hydrogen) atoms. The minimum Gasteiger partial charge on any atom is -0.377 e. The Morgan fingerprint density at radius 1 is 1.53 bits per heavy atom. The van der Waals surface area contributed by atoms with Crippen LogP contribution in [0.25, 0.3) is 0 Å². The molecule has 1 aliphatic heterocycles. The SMILES string of the molecule is CN(CC1CCCO1)C1CCC(N)(C(N)=O)C1. The van der Waals surface area contributed by atoms with Gasteiger partial charge in [-0.2, -0.15) is 0 Å². The van der Waals surface area contributed by atoms with Gasteiger partial charge in [-0.15, -0.1) is 0 Å². The van der Waals surface area contributed by atoms with Gasteiger partial charge in [-0.25, -0.2) is 0 Å². The van der Waals surface area contributed by atoms with Crippen molar-refractivity contribution in [1.29, 1.82) is 0 Å². The summed E-state index contributed by atoms with van der Waals surface area (Å²) in [6, 6.07) is 0.358. The highest BCUT2D eigenvalue weighted by molar-refractivity contribution is 5.84. The van der Waals surface area contributed by atoms with Gasteiger partial charge >= 0.3 is 0 Å². The molecular weight excluding hydrogens is 218 g/mol. The molecule has 0 aromatic heterocycles. The van der Waals surface area contributed by atoms with Gasteiger partial charge in [0.1, 0.15) is 0 Å². The molecule has 2 rings (SSSR count). The van der Waals surface area contributed by atoms with Crippen molar-refractivity contribution in [2.45, 2.75) is 49.8 Å². The van der Waals surface area contributed by atoms with E-state index in [0.717, 1.165) is 32.4 Å². The molecule has 0 radical (unpaired) electrons. The monoisotopic (exact) mass is 241 g/mol. The quantitative estimate of drug-likeness (QED) is 0.716. The fourth-order valence-corrected chi connectivity index (χ4v) is 2.91. The number of rotatable bonds is 4. The van der Waals surface area contributed by atoms with Crippen LogP contribution in [0, 0.1) is 0 Å². The zero-order valence-electron chi connectivity index (χ0n) is 10.5. The average Bonchev–Trinajstić information content (AvgIpc) is 2.88. The smallest absolute Gasteiger partial charge is 0.237 e. The van der Waals surface area contributed by atoms with Gasteiger partial charge in [0.15, 0.2) is 0 Å². The number of ether oxygens (including phenoxy) is 1. The first-order valence-corrected chi connectivity index (χ1v) is 6.42. The van der Waals surface area contributed by atoms with E-state index in [1.165, 1.54) is 0 Å². The first kappa shape index (κ1) is 12.8. The standard InChI is InChI=1S/C12H23N3O2/c1-15(8-10-3-2-6-17-10)9-4-5-12(14,7-9)11(13)16/h9-10H,2-8,14H2,1H3,(H2,13,16). The molecule has 3 unspecified atom stereocenters. The van der Waals surface area contributed by atoms with Crippen molar-refractivity contribution in [3.05, 3.63) is 0 Å². The summed E-state index contributed by atoms with van der Waals surface area (Å²) in [5.41, 5.74) is 10.6. The van der Waals surface area contributed by atoms with E-state index >= 15 is 0 Å². The van der Waals surface area contributed by atoms with Crippen molar-refractivity contribution in [3.8, 4) is 0 Å². The minimum atomic E-state index is -0.796. The second-order valence-electron chi connectivity index (χ2n) is 5.49. The lowest BCUT2D eigenvalue weighted by Crippen LogP contribution is -2.51. The summed E-state index contributed by atoms with van der Waals surface area (Å²) in [6.07, 6.45) is 4.96. The Hall–Kier alpha value is -0.650. The molecular formula is C12H23N3O2. The number of hydrogen-bond donors (Lipinski definition) is 2. The molecule has 2 fully saturated rings. The first-order valence-electron chi connectivity index (χ1n) is 6.42. The Kier molecular flexibility index (Phi) is 3.70. The van der Waals surface area contributed by atoms with Crippen LogP contribution >= 0.6 is 0 Å². The molecule has 0 aromatic rings. The Labute approximate surface area is 102 Å². The number of carbonyl (C=O) groups excluding carboxylic acids is 1. The Morgan fingerprint density at radius 2 is 2.29 bits per heavy atom. The zero-order chi connectivity index (χ0) is 12.5. The summed E-state index contributed by atoms with van der Waals surface area (Å²) in [4.78, 5) is 13.6. The molecule has 1 amide bonds. The number of likely N-dealkylation sites (N-methyl/N-ethyl adjacent to an activating group) is 1. The van der Waals surface area contributed by atoms with Crippen molar-refractivity contribution in [3.63, 3.8) is 0 Å². The predicted octanol–water partition coefficient (Wildman–Crippen LogP) is -0.167. The lowest BCUT2D eigenvalue weighted by Gasteiger charge is -2.28. The van der Waals surface area contributed by atoms with Gasteiger partial charge < -0.3 is 21.1 Å². The van der Waals surface area contributed by atoms with E-state index in [9.17, 15) is 4.79 Å². The molecule has 0 aromatic carbocycles. The number of amides is 1. The lowest BCUT2D eigenvalue weighted by atomic mass is 9.98. The number of hydrogen-bond acceptors (Lipinski definition) is 4. The topological polar surface area (TPSA) is 81.6 Å². The molecule has 98 valence electrons. The molecule has 5 heteroatoms. The average molecular weight is 241 g/mol. The Balaban J connectivity index is 1.85. The number of primary amides is 1. The predicted molar refractivity (Wildman–Crippen MR) is 65.4 cm³/mol. The van der Waals surface area contributed by atoms with E-state index in [-0.39, 0.29) is 5.91 Å². The fourth-order valence-electron chi connectivity index (χ4n) is 2.91. The van der Waals surface area contributed by atoms with E-state index in [4.69, 9.17) is 16.2 Å². The zero-order valence-corrected chi connectivity index (χ0v) is 10.5. The van der Waals surface area contributed by atoms with Crippen LogP contribution in [0.3, 0.4) is 0 Å². The van der Waals surface area contributed by atoms with Crippen LogP contribution in [-0.4, -0.2) is 48.7 Å². The molecule has 0 bridgehead atoms. The first-order chi connectivity index (χ1) is 8.01. The third-order valence-electron chi connectivity index (χ3n) is 4.15. The second-order valence-corrected chi connectivity index (χ2v) is 5.49. The maximum Gasteiger partial charge on any atom is 0.237 e. The summed E-state index contributed by atoms with van der Waals surface area (Å²) in [5.74, 6) is -0.370. The van der Waals surface area contributed by atoms with Gasteiger partial charge in [-0.1, -0.05) is 0 Å². The van der Waals surface area contributed by atoms with Gasteiger partial charge in [0.25, 0.3) is 0 Å². The highest BCUT2D eigenvalue weighted by atomic mass is 16.5. The summed E-state index contributed by atoms with van der Waals surface area (Å²) in [5, 5.41) is 0. The molecule has 1 aliphatic carbocycles. The molecule has 5 nitrogen and oxygen atoms in total. The van der Waals surface area contributed by atoms with Gasteiger partial charge in [0, 0.05) is 19.2 Å². The highest BCUT2D eigenvalue weighted by Gasteiger charge is 2.42. The third-order valence-corrected chi connectivity index (χ3v) is 4.15. The van der Waals surface area contributed by atoms with E-state index in [2.05, 4.69) is 11.9 Å². The molecule has 0 spiro atoms. The second kappa shape index (κ2) is 4.92. The molecule has 4 N–H and O–H groups in total. The van der Waals surface area contributed by atoms with E-state index in [1.807, 2.05) is 0 Å². The maximum absolute atomic E-state index is 11.3. The minimum absolute atomic E-state index is 0.348. The molecule has 1 heterocycles.